The van der Waals surface area contributed by atoms with Gasteiger partial charge in [-0.05, 0) is 49.2 Å². The molecule has 7 nitrogen and oxygen atoms in total. The maximum atomic E-state index is 13.4. The zero-order valence-electron chi connectivity index (χ0n) is 19.9. The highest BCUT2D eigenvalue weighted by Gasteiger charge is 2.44. The van der Waals surface area contributed by atoms with Gasteiger partial charge in [-0.15, -0.1) is 24.8 Å². The Balaban J connectivity index is 0.00000342. The number of rotatable bonds is 10. The minimum atomic E-state index is -4.43. The quantitative estimate of drug-likeness (QED) is 0.359. The number of aliphatic carboxylic acids is 1. The summed E-state index contributed by atoms with van der Waals surface area (Å²) in [6, 6.07) is 6.05. The summed E-state index contributed by atoms with van der Waals surface area (Å²) in [6.45, 7) is -1.55. The predicted molar refractivity (Wildman–Crippen MR) is 135 cm³/mol. The van der Waals surface area contributed by atoms with Crippen LogP contribution in [0.3, 0.4) is 0 Å². The molecule has 0 radical (unpaired) electrons. The predicted octanol–water partition coefficient (Wildman–Crippen LogP) is 4.53. The van der Waals surface area contributed by atoms with Gasteiger partial charge >= 0.3 is 12.1 Å². The Morgan fingerprint density at radius 2 is 1.76 bits per heavy atom. The van der Waals surface area contributed by atoms with Crippen molar-refractivity contribution in [3.63, 3.8) is 0 Å². The van der Waals surface area contributed by atoms with Gasteiger partial charge in [-0.2, -0.15) is 13.2 Å². The molecule has 0 saturated heterocycles. The first kappa shape index (κ1) is 32.7. The lowest BCUT2D eigenvalue weighted by molar-refractivity contribution is -0.161. The molecule has 0 spiro atoms. The van der Waals surface area contributed by atoms with Crippen molar-refractivity contribution >= 4 is 36.5 Å². The van der Waals surface area contributed by atoms with Crippen LogP contribution in [0.25, 0.3) is 0 Å². The van der Waals surface area contributed by atoms with Gasteiger partial charge < -0.3 is 25.6 Å². The van der Waals surface area contributed by atoms with Crippen LogP contribution in [0.15, 0.2) is 42.6 Å². The molecule has 1 aromatic heterocycles. The van der Waals surface area contributed by atoms with E-state index in [1.54, 1.807) is 0 Å². The largest absolute Gasteiger partial charge is 0.492 e. The lowest BCUT2D eigenvalue weighted by Gasteiger charge is -2.37. The molecular formula is C24H31Cl2F4N3O4. The first-order chi connectivity index (χ1) is 16.5. The maximum Gasteiger partial charge on any atom is 0.405 e. The highest BCUT2D eigenvalue weighted by Crippen LogP contribution is 2.31. The van der Waals surface area contributed by atoms with E-state index in [-0.39, 0.29) is 48.0 Å². The molecule has 0 aliphatic heterocycles. The third kappa shape index (κ3) is 9.17. The van der Waals surface area contributed by atoms with E-state index in [9.17, 15) is 32.6 Å². The van der Waals surface area contributed by atoms with Crippen LogP contribution in [0.1, 0.15) is 37.8 Å². The zero-order valence-corrected chi connectivity index (χ0v) is 21.5. The van der Waals surface area contributed by atoms with Gasteiger partial charge in [0.1, 0.15) is 24.7 Å². The second-order valence-corrected chi connectivity index (χ2v) is 8.82. The lowest BCUT2D eigenvalue weighted by atomic mass is 9.89. The van der Waals surface area contributed by atoms with Crippen LogP contribution >= 0.6 is 24.8 Å². The van der Waals surface area contributed by atoms with Crippen molar-refractivity contribution in [1.82, 2.24) is 4.98 Å². The van der Waals surface area contributed by atoms with Crippen LogP contribution in [-0.4, -0.2) is 58.2 Å². The summed E-state index contributed by atoms with van der Waals surface area (Å²) in [4.78, 5) is 17.3. The molecule has 3 rings (SSSR count). The number of aliphatic hydroxyl groups is 1. The zero-order chi connectivity index (χ0) is 25.6. The molecule has 2 atom stereocenters. The normalized spacial score (nSPS) is 16.5. The number of carboxylic acids is 1. The van der Waals surface area contributed by atoms with Crippen molar-refractivity contribution in [3.8, 4) is 5.75 Å². The summed E-state index contributed by atoms with van der Waals surface area (Å²) in [5.74, 6) is -1.88. The summed E-state index contributed by atoms with van der Waals surface area (Å²) < 4.78 is 58.5. The fourth-order valence-corrected chi connectivity index (χ4v) is 4.25. The minimum Gasteiger partial charge on any atom is -0.492 e. The number of nitrogens with zero attached hydrogens (tertiary/aromatic N) is 2. The number of carboxylic acid groups (broad SMARTS) is 1. The van der Waals surface area contributed by atoms with Gasteiger partial charge in [0.2, 0.25) is 0 Å². The second-order valence-electron chi connectivity index (χ2n) is 8.82. The Labute approximate surface area is 224 Å². The van der Waals surface area contributed by atoms with Crippen molar-refractivity contribution in [1.29, 1.82) is 0 Å². The third-order valence-corrected chi connectivity index (χ3v) is 6.17. The number of carbonyl (C=O) groups is 1. The van der Waals surface area contributed by atoms with E-state index in [0.717, 1.165) is 31.4 Å². The number of nitrogens with two attached hydrogens (primary N) is 1. The standard InChI is InChI=1S/C24H29F4N3O4.2ClH/c25-16-6-8-20(9-7-16)35-14-21(29)23(34,22(32)33)13-17-12-19(10-11-30-17)31(15-24(26,27)28)18-4-2-1-3-5-18;;/h6-12,18,21,34H,1-5,13-15,29H2,(H,32,33);2*1H/t21-,23+;;/m0../s1. The van der Waals surface area contributed by atoms with Crippen molar-refractivity contribution in [3.05, 3.63) is 54.1 Å². The van der Waals surface area contributed by atoms with E-state index < -0.39 is 49.2 Å². The van der Waals surface area contributed by atoms with Crippen molar-refractivity contribution in [2.45, 2.75) is 62.4 Å². The SMILES string of the molecule is Cl.Cl.N[C@@H](COc1ccc(F)cc1)[C@](O)(Cc1cc(N(CC(F)(F)F)C2CCCCC2)ccn1)C(=O)O. The van der Waals surface area contributed by atoms with Gasteiger partial charge in [-0.25, -0.2) is 9.18 Å². The first-order valence-corrected chi connectivity index (χ1v) is 11.4. The maximum absolute atomic E-state index is 13.4. The topological polar surface area (TPSA) is 109 Å². The molecule has 0 amide bonds. The molecule has 208 valence electrons. The van der Waals surface area contributed by atoms with Gasteiger partial charge in [0.05, 0.1) is 6.04 Å². The van der Waals surface area contributed by atoms with Crippen LogP contribution in [0.2, 0.25) is 0 Å². The summed E-state index contributed by atoms with van der Waals surface area (Å²) in [5.41, 5.74) is 3.78. The van der Waals surface area contributed by atoms with E-state index in [4.69, 9.17) is 10.5 Å². The average Bonchev–Trinajstić information content (AvgIpc) is 2.82. The smallest absolute Gasteiger partial charge is 0.405 e. The van der Waals surface area contributed by atoms with Gasteiger partial charge in [-0.3, -0.25) is 4.98 Å². The van der Waals surface area contributed by atoms with Gasteiger partial charge in [0, 0.05) is 30.0 Å². The van der Waals surface area contributed by atoms with E-state index in [1.165, 1.54) is 35.4 Å². The van der Waals surface area contributed by atoms with Gasteiger partial charge in [0.25, 0.3) is 0 Å². The van der Waals surface area contributed by atoms with Crippen molar-refractivity contribution in [2.75, 3.05) is 18.1 Å². The number of halogens is 6. The summed E-state index contributed by atoms with van der Waals surface area (Å²) in [6.07, 6.45) is 0.201. The monoisotopic (exact) mass is 571 g/mol. The number of aromatic nitrogens is 1. The Kier molecular flexibility index (Phi) is 12.4. The summed E-state index contributed by atoms with van der Waals surface area (Å²) in [7, 11) is 0. The van der Waals surface area contributed by atoms with Crippen molar-refractivity contribution < 1.29 is 37.3 Å². The lowest BCUT2D eigenvalue weighted by Crippen LogP contribution is -2.58. The first-order valence-electron chi connectivity index (χ1n) is 11.4. The number of hydrogen-bond acceptors (Lipinski definition) is 6. The molecule has 4 N–H and O–H groups in total. The Bertz CT molecular complexity index is 995. The molecule has 37 heavy (non-hydrogen) atoms. The van der Waals surface area contributed by atoms with E-state index >= 15 is 0 Å². The number of benzene rings is 1. The molecule has 1 aromatic carbocycles. The number of alkyl halides is 3. The van der Waals surface area contributed by atoms with Crippen LogP contribution in [-0.2, 0) is 11.2 Å². The van der Waals surface area contributed by atoms with Gasteiger partial charge in [-0.1, -0.05) is 19.3 Å². The van der Waals surface area contributed by atoms with Crippen LogP contribution in [0.5, 0.6) is 5.75 Å². The second kappa shape index (κ2) is 14.0. The van der Waals surface area contributed by atoms with Crippen LogP contribution in [0.4, 0.5) is 23.2 Å². The molecule has 1 heterocycles. The van der Waals surface area contributed by atoms with E-state index in [1.807, 2.05) is 0 Å². The third-order valence-electron chi connectivity index (χ3n) is 6.17. The molecule has 0 bridgehead atoms. The summed E-state index contributed by atoms with van der Waals surface area (Å²) >= 11 is 0. The summed E-state index contributed by atoms with van der Waals surface area (Å²) in [5, 5.41) is 20.6. The Morgan fingerprint density at radius 1 is 1.14 bits per heavy atom. The Hall–Kier alpha value is -2.34. The minimum absolute atomic E-state index is 0. The Morgan fingerprint density at radius 3 is 2.32 bits per heavy atom. The molecule has 2 aromatic rings. The highest BCUT2D eigenvalue weighted by molar-refractivity contribution is 5.85. The molecular weight excluding hydrogens is 541 g/mol. The van der Waals surface area contributed by atoms with Crippen LogP contribution in [0, 0.1) is 5.82 Å². The average molecular weight is 572 g/mol. The van der Waals surface area contributed by atoms with E-state index in [0.29, 0.717) is 12.8 Å². The van der Waals surface area contributed by atoms with Crippen molar-refractivity contribution in [2.24, 2.45) is 5.73 Å². The van der Waals surface area contributed by atoms with E-state index in [2.05, 4.69) is 4.98 Å². The highest BCUT2D eigenvalue weighted by atomic mass is 35.5. The number of pyridine rings is 1. The van der Waals surface area contributed by atoms with Crippen LogP contribution < -0.4 is 15.4 Å². The fourth-order valence-electron chi connectivity index (χ4n) is 4.25. The number of anilines is 1. The molecule has 1 fully saturated rings. The fraction of sp³-hybridized carbons (Fsp3) is 0.500. The number of hydrogen-bond donors (Lipinski definition) is 3. The number of ether oxygens (including phenoxy) is 1. The molecule has 1 aliphatic carbocycles. The van der Waals surface area contributed by atoms with Gasteiger partial charge in [0.15, 0.2) is 5.60 Å². The molecule has 13 heteroatoms. The molecule has 1 saturated carbocycles. The molecule has 1 aliphatic rings. The molecule has 0 unspecified atom stereocenters.